The van der Waals surface area contributed by atoms with Gasteiger partial charge in [0.05, 0.1) is 9.82 Å². The van der Waals surface area contributed by atoms with Crippen LogP contribution in [0, 0.1) is 16.0 Å². The Hall–Kier alpha value is -2.04. The number of non-ortho nitro benzene ring substituents is 1. The number of hydrogen-bond acceptors (Lipinski definition) is 6. The van der Waals surface area contributed by atoms with Crippen LogP contribution in [0.15, 0.2) is 29.2 Å². The number of hydrogen-bond donors (Lipinski definition) is 2. The van der Waals surface area contributed by atoms with Crippen molar-refractivity contribution < 1.29 is 18.1 Å². The van der Waals surface area contributed by atoms with E-state index in [9.17, 15) is 23.3 Å². The highest BCUT2D eigenvalue weighted by atomic mass is 32.2. The molecule has 1 amide bonds. The number of carbonyl (C=O) groups excluding carboxylic acids is 1. The van der Waals surface area contributed by atoms with Gasteiger partial charge in [-0.05, 0) is 37.8 Å². The van der Waals surface area contributed by atoms with Gasteiger partial charge in [-0.2, -0.15) is 0 Å². The van der Waals surface area contributed by atoms with Gasteiger partial charge in [0.1, 0.15) is 0 Å². The summed E-state index contributed by atoms with van der Waals surface area (Å²) in [5.41, 5.74) is 5.72. The van der Waals surface area contributed by atoms with Gasteiger partial charge in [-0.1, -0.05) is 0 Å². The monoisotopic (exact) mass is 384 g/mol. The highest BCUT2D eigenvalue weighted by Gasteiger charge is 2.26. The molecular weight excluding hydrogens is 360 g/mol. The zero-order chi connectivity index (χ0) is 19.3. The quantitative estimate of drug-likeness (QED) is 0.528. The van der Waals surface area contributed by atoms with Crippen molar-refractivity contribution in [1.29, 1.82) is 0 Å². The van der Waals surface area contributed by atoms with Crippen molar-refractivity contribution in [3.63, 3.8) is 0 Å². The summed E-state index contributed by atoms with van der Waals surface area (Å²) in [4.78, 5) is 24.0. The lowest BCUT2D eigenvalue weighted by atomic mass is 9.92. The fourth-order valence-corrected chi connectivity index (χ4v) is 3.98. The molecule has 1 saturated heterocycles. The minimum atomic E-state index is -3.82. The third-order valence-corrected chi connectivity index (χ3v) is 6.02. The Balaban J connectivity index is 1.87. The number of carbonyl (C=O) groups is 1. The fraction of sp³-hybridized carbons (Fsp3) is 0.562. The molecule has 0 radical (unpaired) electrons. The molecule has 0 aromatic heterocycles. The lowest BCUT2D eigenvalue weighted by molar-refractivity contribution is -0.384. The van der Waals surface area contributed by atoms with E-state index in [4.69, 9.17) is 5.73 Å². The first-order chi connectivity index (χ1) is 12.2. The van der Waals surface area contributed by atoms with Gasteiger partial charge in [-0.25, -0.2) is 13.1 Å². The first kappa shape index (κ1) is 20.3. The number of nitrogens with two attached hydrogens (primary N) is 1. The number of nitrogens with zero attached hydrogens (tertiary/aromatic N) is 2. The summed E-state index contributed by atoms with van der Waals surface area (Å²) in [5.74, 6) is 0.159. The van der Waals surface area contributed by atoms with E-state index in [1.54, 1.807) is 4.90 Å². The molecule has 1 aliphatic heterocycles. The number of piperidine rings is 1. The number of nitro benzene ring substituents is 1. The van der Waals surface area contributed by atoms with Crippen molar-refractivity contribution in [3.05, 3.63) is 34.4 Å². The van der Waals surface area contributed by atoms with E-state index < -0.39 is 14.9 Å². The first-order valence-electron chi connectivity index (χ1n) is 8.48. The number of sulfonamides is 1. The van der Waals surface area contributed by atoms with Crippen LogP contribution in [0.5, 0.6) is 0 Å². The lowest BCUT2D eigenvalue weighted by Crippen LogP contribution is -2.45. The Morgan fingerprint density at radius 2 is 2.08 bits per heavy atom. The minimum absolute atomic E-state index is 0.0197. The second-order valence-corrected chi connectivity index (χ2v) is 8.27. The van der Waals surface area contributed by atoms with Crippen molar-refractivity contribution in [2.24, 2.45) is 11.7 Å². The van der Waals surface area contributed by atoms with E-state index in [2.05, 4.69) is 4.72 Å². The Bertz CT molecular complexity index is 748. The van der Waals surface area contributed by atoms with Crippen molar-refractivity contribution in [2.45, 2.75) is 37.1 Å². The van der Waals surface area contributed by atoms with Crippen molar-refractivity contribution in [1.82, 2.24) is 9.62 Å². The molecule has 144 valence electrons. The SMILES string of the molecule is CC(N)C1CCCN(C(=O)CCNS(=O)(=O)c2ccc([N+](=O)[O-])cc2)C1. The van der Waals surface area contributed by atoms with Crippen LogP contribution in [0.25, 0.3) is 0 Å². The number of likely N-dealkylation sites (tertiary alicyclic amines) is 1. The number of benzene rings is 1. The van der Waals surface area contributed by atoms with E-state index in [1.165, 1.54) is 12.1 Å². The van der Waals surface area contributed by atoms with E-state index in [-0.39, 0.29) is 41.4 Å². The molecule has 1 aliphatic rings. The van der Waals surface area contributed by atoms with Crippen LogP contribution in [0.2, 0.25) is 0 Å². The smallest absolute Gasteiger partial charge is 0.269 e. The van der Waals surface area contributed by atoms with E-state index in [0.29, 0.717) is 13.1 Å². The molecule has 3 N–H and O–H groups in total. The van der Waals surface area contributed by atoms with Gasteiger partial charge in [0, 0.05) is 44.2 Å². The predicted molar refractivity (Wildman–Crippen MR) is 95.9 cm³/mol. The third-order valence-electron chi connectivity index (χ3n) is 4.54. The van der Waals surface area contributed by atoms with Crippen LogP contribution in [0.4, 0.5) is 5.69 Å². The van der Waals surface area contributed by atoms with Gasteiger partial charge >= 0.3 is 0 Å². The van der Waals surface area contributed by atoms with Crippen molar-refractivity contribution in [2.75, 3.05) is 19.6 Å². The maximum Gasteiger partial charge on any atom is 0.269 e. The summed E-state index contributed by atoms with van der Waals surface area (Å²) in [6.45, 7) is 3.16. The van der Waals surface area contributed by atoms with E-state index >= 15 is 0 Å². The maximum absolute atomic E-state index is 12.3. The summed E-state index contributed by atoms with van der Waals surface area (Å²) in [7, 11) is -3.82. The second kappa shape index (κ2) is 8.56. The average molecular weight is 384 g/mol. The molecule has 1 fully saturated rings. The van der Waals surface area contributed by atoms with Crippen LogP contribution in [-0.4, -0.2) is 49.8 Å². The lowest BCUT2D eigenvalue weighted by Gasteiger charge is -2.34. The van der Waals surface area contributed by atoms with Crippen LogP contribution in [0.1, 0.15) is 26.2 Å². The molecule has 26 heavy (non-hydrogen) atoms. The Kier molecular flexibility index (Phi) is 6.68. The van der Waals surface area contributed by atoms with Gasteiger partial charge in [0.15, 0.2) is 0 Å². The Morgan fingerprint density at radius 3 is 2.65 bits per heavy atom. The van der Waals surface area contributed by atoms with Crippen LogP contribution in [-0.2, 0) is 14.8 Å². The van der Waals surface area contributed by atoms with E-state index in [0.717, 1.165) is 25.0 Å². The van der Waals surface area contributed by atoms with Crippen LogP contribution in [0.3, 0.4) is 0 Å². The van der Waals surface area contributed by atoms with Gasteiger partial charge in [-0.15, -0.1) is 0 Å². The summed E-state index contributed by atoms with van der Waals surface area (Å²) >= 11 is 0. The normalized spacial score (nSPS) is 19.2. The summed E-state index contributed by atoms with van der Waals surface area (Å²) in [6, 6.07) is 4.61. The molecule has 2 rings (SSSR count). The second-order valence-electron chi connectivity index (χ2n) is 6.50. The third kappa shape index (κ3) is 5.23. The summed E-state index contributed by atoms with van der Waals surface area (Å²) in [5, 5.41) is 10.6. The molecule has 1 heterocycles. The molecule has 2 unspecified atom stereocenters. The minimum Gasteiger partial charge on any atom is -0.342 e. The number of amides is 1. The van der Waals surface area contributed by atoms with Gasteiger partial charge in [-0.3, -0.25) is 14.9 Å². The molecule has 1 aromatic carbocycles. The maximum atomic E-state index is 12.3. The molecule has 1 aromatic rings. The highest BCUT2D eigenvalue weighted by molar-refractivity contribution is 7.89. The first-order valence-corrected chi connectivity index (χ1v) is 9.96. The average Bonchev–Trinajstić information content (AvgIpc) is 2.61. The van der Waals surface area contributed by atoms with Gasteiger partial charge in [0.25, 0.3) is 5.69 Å². The summed E-state index contributed by atoms with van der Waals surface area (Å²) < 4.78 is 26.7. The molecule has 0 spiro atoms. The van der Waals surface area contributed by atoms with Crippen LogP contribution < -0.4 is 10.5 Å². The molecular formula is C16H24N4O5S. The van der Waals surface area contributed by atoms with Crippen LogP contribution >= 0.6 is 0 Å². The fourth-order valence-electron chi connectivity index (χ4n) is 2.95. The van der Waals surface area contributed by atoms with Gasteiger partial charge < -0.3 is 10.6 Å². The topological polar surface area (TPSA) is 136 Å². The molecule has 2 atom stereocenters. The zero-order valence-electron chi connectivity index (χ0n) is 14.6. The Labute approximate surface area is 152 Å². The molecule has 0 aliphatic carbocycles. The van der Waals surface area contributed by atoms with E-state index in [1.807, 2.05) is 6.92 Å². The molecule has 0 saturated carbocycles. The number of nitro groups is 1. The Morgan fingerprint density at radius 1 is 1.42 bits per heavy atom. The van der Waals surface area contributed by atoms with Crippen molar-refractivity contribution in [3.8, 4) is 0 Å². The molecule has 9 nitrogen and oxygen atoms in total. The molecule has 10 heteroatoms. The highest BCUT2D eigenvalue weighted by Crippen LogP contribution is 2.19. The molecule has 0 bridgehead atoms. The van der Waals surface area contributed by atoms with Crippen molar-refractivity contribution >= 4 is 21.6 Å². The zero-order valence-corrected chi connectivity index (χ0v) is 15.4. The summed E-state index contributed by atoms with van der Waals surface area (Å²) in [6.07, 6.45) is 1.94. The number of rotatable bonds is 7. The van der Waals surface area contributed by atoms with Gasteiger partial charge in [0.2, 0.25) is 15.9 Å². The number of nitrogens with one attached hydrogen (secondary N) is 1. The predicted octanol–water partition coefficient (Wildman–Crippen LogP) is 0.849. The largest absolute Gasteiger partial charge is 0.342 e. The standard InChI is InChI=1S/C16H24N4O5S/c1-12(17)13-3-2-10-19(11-13)16(21)8-9-18-26(24,25)15-6-4-14(5-7-15)20(22)23/h4-7,12-13,18H,2-3,8-11,17H2,1H3.